The van der Waals surface area contributed by atoms with E-state index in [4.69, 9.17) is 18.9 Å². The van der Waals surface area contributed by atoms with Crippen molar-refractivity contribution in [3.63, 3.8) is 0 Å². The Balaban J connectivity index is 1.68. The molecule has 8 nitrogen and oxygen atoms in total. The lowest BCUT2D eigenvalue weighted by molar-refractivity contribution is -0.143. The second-order valence-corrected chi connectivity index (χ2v) is 6.99. The third-order valence-electron chi connectivity index (χ3n) is 5.54. The first-order valence-electron chi connectivity index (χ1n) is 8.80. The van der Waals surface area contributed by atoms with Gasteiger partial charge in [0.25, 0.3) is 0 Å². The van der Waals surface area contributed by atoms with Crippen molar-refractivity contribution in [1.82, 2.24) is 0 Å². The molecule has 144 valence electrons. The van der Waals surface area contributed by atoms with Gasteiger partial charge in [0.1, 0.15) is 0 Å². The largest absolute Gasteiger partial charge is 0.481 e. The van der Waals surface area contributed by atoms with Crippen LogP contribution in [0.2, 0.25) is 0 Å². The summed E-state index contributed by atoms with van der Waals surface area (Å²) in [6.07, 6.45) is -0.287. The predicted octanol–water partition coefficient (Wildman–Crippen LogP) is 2.55. The van der Waals surface area contributed by atoms with Gasteiger partial charge in [0, 0.05) is 11.8 Å². The highest BCUT2D eigenvalue weighted by Crippen LogP contribution is 2.55. The maximum atomic E-state index is 12.2. The van der Waals surface area contributed by atoms with E-state index in [2.05, 4.69) is 0 Å². The second kappa shape index (κ2) is 6.05. The number of hydrogen-bond acceptors (Lipinski definition) is 6. The lowest BCUT2D eigenvalue weighted by atomic mass is 9.81. The predicted molar refractivity (Wildman–Crippen MR) is 93.1 cm³/mol. The number of carboxylic acid groups (broad SMARTS) is 2. The topological polar surface area (TPSA) is 112 Å². The molecule has 3 atom stereocenters. The number of carbonyl (C=O) groups is 2. The number of fused-ring (bicyclic) bond motifs is 3. The van der Waals surface area contributed by atoms with Crippen LogP contribution in [0.4, 0.5) is 0 Å². The van der Waals surface area contributed by atoms with Gasteiger partial charge in [0.2, 0.25) is 13.6 Å². The quantitative estimate of drug-likeness (QED) is 0.827. The maximum Gasteiger partial charge on any atom is 0.308 e. The van der Waals surface area contributed by atoms with Crippen molar-refractivity contribution in [3.05, 3.63) is 47.0 Å². The molecule has 8 heteroatoms. The Bertz CT molecular complexity index is 998. The van der Waals surface area contributed by atoms with Gasteiger partial charge in [-0.2, -0.15) is 0 Å². The minimum absolute atomic E-state index is 0.0822. The van der Waals surface area contributed by atoms with Gasteiger partial charge in [-0.3, -0.25) is 9.59 Å². The Morgan fingerprint density at radius 3 is 2.11 bits per heavy atom. The van der Waals surface area contributed by atoms with E-state index < -0.39 is 29.7 Å². The van der Waals surface area contributed by atoms with Crippen LogP contribution >= 0.6 is 0 Å². The van der Waals surface area contributed by atoms with Crippen LogP contribution < -0.4 is 18.9 Å². The van der Waals surface area contributed by atoms with Gasteiger partial charge in [-0.1, -0.05) is 6.07 Å². The van der Waals surface area contributed by atoms with Gasteiger partial charge >= 0.3 is 11.9 Å². The molecule has 2 N–H and O–H groups in total. The summed E-state index contributed by atoms with van der Waals surface area (Å²) in [7, 11) is 0. The molecule has 0 aromatic heterocycles. The standard InChI is InChI=1S/C20H16O8/c21-17(22)6-12-10-4-15-16(28-8-27-15)5-11(10)18(19(12)20(23)24)9-1-2-13-14(3-9)26-7-25-13/h1-5,12,18-19H,6-8H2,(H,21,22)(H,23,24)/t12-,18-,19-/m1/s1. The van der Waals surface area contributed by atoms with Gasteiger partial charge in [-0.25, -0.2) is 0 Å². The van der Waals surface area contributed by atoms with Crippen LogP contribution in [0.1, 0.15) is 34.9 Å². The second-order valence-electron chi connectivity index (χ2n) is 6.99. The molecule has 0 unspecified atom stereocenters. The van der Waals surface area contributed by atoms with Crippen LogP contribution in [0.3, 0.4) is 0 Å². The summed E-state index contributed by atoms with van der Waals surface area (Å²) in [5, 5.41) is 19.4. The minimum atomic E-state index is -1.05. The summed E-state index contributed by atoms with van der Waals surface area (Å²) < 4.78 is 21.7. The SMILES string of the molecule is O=C(O)C[C@@H]1c2cc3c(cc2[C@@H](c2ccc4c(c2)OCO4)[C@@H]1C(=O)O)OCO3. The van der Waals surface area contributed by atoms with Crippen molar-refractivity contribution in [3.8, 4) is 23.0 Å². The number of ether oxygens (including phenoxy) is 4. The van der Waals surface area contributed by atoms with Crippen LogP contribution in [-0.2, 0) is 9.59 Å². The molecule has 0 saturated heterocycles. The van der Waals surface area contributed by atoms with Crippen LogP contribution in [-0.4, -0.2) is 35.7 Å². The van der Waals surface area contributed by atoms with Gasteiger partial charge in [0.05, 0.1) is 12.3 Å². The minimum Gasteiger partial charge on any atom is -0.481 e. The highest BCUT2D eigenvalue weighted by atomic mass is 16.7. The molecule has 0 spiro atoms. The molecule has 3 aliphatic rings. The number of rotatable bonds is 4. The maximum absolute atomic E-state index is 12.2. The van der Waals surface area contributed by atoms with Gasteiger partial charge in [-0.15, -0.1) is 0 Å². The highest BCUT2D eigenvalue weighted by molar-refractivity contribution is 5.79. The number of aliphatic carboxylic acids is 2. The fourth-order valence-corrected chi connectivity index (χ4v) is 4.42. The van der Waals surface area contributed by atoms with E-state index in [0.29, 0.717) is 28.6 Å². The van der Waals surface area contributed by atoms with E-state index >= 15 is 0 Å². The van der Waals surface area contributed by atoms with E-state index in [1.165, 1.54) is 0 Å². The van der Waals surface area contributed by atoms with E-state index in [1.54, 1.807) is 30.3 Å². The van der Waals surface area contributed by atoms with Gasteiger partial charge in [0.15, 0.2) is 23.0 Å². The van der Waals surface area contributed by atoms with Crippen LogP contribution in [0, 0.1) is 5.92 Å². The van der Waals surface area contributed by atoms with Crippen molar-refractivity contribution in [2.24, 2.45) is 5.92 Å². The van der Waals surface area contributed by atoms with E-state index in [-0.39, 0.29) is 20.0 Å². The Labute approximate surface area is 159 Å². The Kier molecular flexibility index (Phi) is 3.61. The molecule has 0 fully saturated rings. The molecule has 1 aliphatic carbocycles. The van der Waals surface area contributed by atoms with Crippen molar-refractivity contribution >= 4 is 11.9 Å². The Morgan fingerprint density at radius 2 is 1.46 bits per heavy atom. The van der Waals surface area contributed by atoms with Crippen molar-refractivity contribution in [2.75, 3.05) is 13.6 Å². The zero-order chi connectivity index (χ0) is 19.4. The molecule has 0 saturated carbocycles. The molecule has 0 bridgehead atoms. The molecule has 0 radical (unpaired) electrons. The molecule has 2 heterocycles. The van der Waals surface area contributed by atoms with Crippen molar-refractivity contribution < 1.29 is 38.7 Å². The van der Waals surface area contributed by atoms with Gasteiger partial charge in [-0.05, 0) is 41.0 Å². The normalized spacial score (nSPS) is 23.5. The first-order chi connectivity index (χ1) is 13.5. The number of hydrogen-bond donors (Lipinski definition) is 2. The van der Waals surface area contributed by atoms with Crippen molar-refractivity contribution in [2.45, 2.75) is 18.3 Å². The van der Waals surface area contributed by atoms with Crippen LogP contribution in [0.15, 0.2) is 30.3 Å². The third kappa shape index (κ3) is 2.45. The summed E-state index contributed by atoms with van der Waals surface area (Å²) in [5.74, 6) is -2.08. The van der Waals surface area contributed by atoms with Crippen LogP contribution in [0.25, 0.3) is 0 Å². The average molecular weight is 384 g/mol. The van der Waals surface area contributed by atoms with Crippen molar-refractivity contribution in [1.29, 1.82) is 0 Å². The molecule has 2 aliphatic heterocycles. The molecule has 0 amide bonds. The lowest BCUT2D eigenvalue weighted by Gasteiger charge is -2.21. The summed E-state index contributed by atoms with van der Waals surface area (Å²) in [5.41, 5.74) is 2.13. The summed E-state index contributed by atoms with van der Waals surface area (Å²) in [4.78, 5) is 23.7. The Morgan fingerprint density at radius 1 is 0.857 bits per heavy atom. The Hall–Kier alpha value is -3.42. The zero-order valence-corrected chi connectivity index (χ0v) is 14.6. The van der Waals surface area contributed by atoms with Crippen LogP contribution in [0.5, 0.6) is 23.0 Å². The fourth-order valence-electron chi connectivity index (χ4n) is 4.42. The zero-order valence-electron chi connectivity index (χ0n) is 14.6. The first kappa shape index (κ1) is 16.7. The third-order valence-corrected chi connectivity index (χ3v) is 5.54. The molecular formula is C20H16O8. The molecule has 28 heavy (non-hydrogen) atoms. The fraction of sp³-hybridized carbons (Fsp3) is 0.300. The monoisotopic (exact) mass is 384 g/mol. The summed E-state index contributed by atoms with van der Waals surface area (Å²) in [6.45, 7) is 0.196. The number of benzene rings is 2. The van der Waals surface area contributed by atoms with E-state index in [1.807, 2.05) is 0 Å². The summed E-state index contributed by atoms with van der Waals surface area (Å²) >= 11 is 0. The molecule has 2 aromatic rings. The summed E-state index contributed by atoms with van der Waals surface area (Å²) in [6, 6.07) is 8.79. The molecule has 2 aromatic carbocycles. The number of carboxylic acids is 2. The average Bonchev–Trinajstić information content (AvgIpc) is 3.36. The molecular weight excluding hydrogens is 368 g/mol. The highest BCUT2D eigenvalue weighted by Gasteiger charge is 2.47. The van der Waals surface area contributed by atoms with E-state index in [9.17, 15) is 19.8 Å². The first-order valence-corrected chi connectivity index (χ1v) is 8.80. The van der Waals surface area contributed by atoms with E-state index in [0.717, 1.165) is 11.1 Å². The lowest BCUT2D eigenvalue weighted by Crippen LogP contribution is -2.24. The molecule has 5 rings (SSSR count). The van der Waals surface area contributed by atoms with Gasteiger partial charge < -0.3 is 29.2 Å². The smallest absolute Gasteiger partial charge is 0.308 e.